The van der Waals surface area contributed by atoms with Gasteiger partial charge in [0.1, 0.15) is 0 Å². The lowest BCUT2D eigenvalue weighted by Crippen LogP contribution is -2.45. The normalized spacial score (nSPS) is 23.8. The van der Waals surface area contributed by atoms with E-state index in [1.807, 2.05) is 7.05 Å². The van der Waals surface area contributed by atoms with Gasteiger partial charge >= 0.3 is 0 Å². The summed E-state index contributed by atoms with van der Waals surface area (Å²) >= 11 is 1.48. The third-order valence-corrected chi connectivity index (χ3v) is 4.42. The van der Waals surface area contributed by atoms with Gasteiger partial charge in [0, 0.05) is 26.2 Å². The maximum atomic E-state index is 11.0. The third kappa shape index (κ3) is 2.85. The molecule has 1 aliphatic heterocycles. The Hall–Kier alpha value is 0.600. The number of hydrogen-bond acceptors (Lipinski definition) is 3. The number of hydrogen-bond donors (Lipinski definition) is 0. The Morgan fingerprint density at radius 2 is 1.64 bits per heavy atom. The first-order valence-electron chi connectivity index (χ1n) is 3.38. The van der Waals surface area contributed by atoms with Crippen LogP contribution in [-0.4, -0.2) is 50.8 Å². The SMILES string of the molecule is CN1CCN(S(=O)(=O)I)CC1. The van der Waals surface area contributed by atoms with Crippen molar-refractivity contribution in [3.05, 3.63) is 0 Å². The van der Waals surface area contributed by atoms with Gasteiger partial charge in [-0.25, -0.2) is 8.42 Å². The minimum Gasteiger partial charge on any atom is -0.304 e. The van der Waals surface area contributed by atoms with Crippen molar-refractivity contribution >= 4 is 28.4 Å². The average molecular weight is 290 g/mol. The molecule has 66 valence electrons. The minimum atomic E-state index is -2.97. The number of halogens is 1. The molecule has 0 aromatic rings. The predicted molar refractivity (Wildman–Crippen MR) is 52.0 cm³/mol. The first kappa shape index (κ1) is 9.69. The van der Waals surface area contributed by atoms with E-state index in [4.69, 9.17) is 0 Å². The van der Waals surface area contributed by atoms with Gasteiger partial charge < -0.3 is 4.90 Å². The summed E-state index contributed by atoms with van der Waals surface area (Å²) in [4.78, 5) is 2.12. The zero-order chi connectivity index (χ0) is 8.48. The fourth-order valence-electron chi connectivity index (χ4n) is 1.01. The summed E-state index contributed by atoms with van der Waals surface area (Å²) in [7, 11) is -0.975. The Bertz CT molecular complexity index is 221. The van der Waals surface area contributed by atoms with Gasteiger partial charge in [-0.3, -0.25) is 0 Å². The summed E-state index contributed by atoms with van der Waals surface area (Å²) in [6, 6.07) is 0. The van der Waals surface area contributed by atoms with Gasteiger partial charge in [-0.15, -0.1) is 0 Å². The van der Waals surface area contributed by atoms with Crippen LogP contribution in [0.4, 0.5) is 0 Å². The Morgan fingerprint density at radius 3 is 2.00 bits per heavy atom. The van der Waals surface area contributed by atoms with Gasteiger partial charge in [0.25, 0.3) is 7.19 Å². The Balaban J connectivity index is 2.53. The standard InChI is InChI=1S/C5H11IN2O2S/c1-7-2-4-8(5-3-7)11(6,9)10/h2-5H2,1H3. The molecular formula is C5H11IN2O2S. The molecule has 0 unspecified atom stereocenters. The van der Waals surface area contributed by atoms with E-state index >= 15 is 0 Å². The summed E-state index contributed by atoms with van der Waals surface area (Å²) < 4.78 is 23.5. The second-order valence-electron chi connectivity index (χ2n) is 2.64. The fraction of sp³-hybridized carbons (Fsp3) is 1.00. The fourth-order valence-corrected chi connectivity index (χ4v) is 2.79. The monoisotopic (exact) mass is 290 g/mol. The van der Waals surface area contributed by atoms with E-state index in [0.717, 1.165) is 13.1 Å². The average Bonchev–Trinajstić information content (AvgIpc) is 1.86. The van der Waals surface area contributed by atoms with Crippen LogP contribution in [-0.2, 0) is 7.19 Å². The molecule has 0 radical (unpaired) electrons. The van der Waals surface area contributed by atoms with E-state index in [1.165, 1.54) is 25.5 Å². The molecule has 0 aromatic heterocycles. The first-order valence-corrected chi connectivity index (χ1v) is 7.37. The molecule has 1 heterocycles. The Labute approximate surface area is 79.2 Å². The molecule has 6 heteroatoms. The molecule has 0 N–H and O–H groups in total. The maximum Gasteiger partial charge on any atom is 0.267 e. The van der Waals surface area contributed by atoms with Gasteiger partial charge in [0.2, 0.25) is 0 Å². The maximum absolute atomic E-state index is 11.0. The highest BCUT2D eigenvalue weighted by atomic mass is 127. The van der Waals surface area contributed by atoms with E-state index in [-0.39, 0.29) is 0 Å². The van der Waals surface area contributed by atoms with E-state index < -0.39 is 7.19 Å². The summed E-state index contributed by atoms with van der Waals surface area (Å²) in [6.07, 6.45) is 0. The smallest absolute Gasteiger partial charge is 0.267 e. The molecule has 0 amide bonds. The number of rotatable bonds is 1. The molecular weight excluding hydrogens is 279 g/mol. The predicted octanol–water partition coefficient (Wildman–Crippen LogP) is -0.0864. The zero-order valence-electron chi connectivity index (χ0n) is 6.33. The first-order chi connectivity index (χ1) is 5.00. The summed E-state index contributed by atoms with van der Waals surface area (Å²) in [5.74, 6) is 0. The highest BCUT2D eigenvalue weighted by Gasteiger charge is 2.22. The van der Waals surface area contributed by atoms with Crippen LogP contribution >= 0.6 is 21.2 Å². The van der Waals surface area contributed by atoms with Crippen molar-refractivity contribution in [3.63, 3.8) is 0 Å². The van der Waals surface area contributed by atoms with Crippen molar-refractivity contribution in [1.29, 1.82) is 0 Å². The summed E-state index contributed by atoms with van der Waals surface area (Å²) in [6.45, 7) is 2.92. The molecule has 1 rings (SSSR count). The summed E-state index contributed by atoms with van der Waals surface area (Å²) in [5.41, 5.74) is 0. The van der Waals surface area contributed by atoms with Crippen molar-refractivity contribution in [2.24, 2.45) is 0 Å². The quantitative estimate of drug-likeness (QED) is 0.501. The van der Waals surface area contributed by atoms with Gasteiger partial charge in [-0.05, 0) is 7.05 Å². The van der Waals surface area contributed by atoms with Crippen LogP contribution in [0, 0.1) is 0 Å². The van der Waals surface area contributed by atoms with Crippen molar-refractivity contribution in [3.8, 4) is 0 Å². The molecule has 0 atom stereocenters. The molecule has 4 nitrogen and oxygen atoms in total. The minimum absolute atomic E-state index is 0.627. The van der Waals surface area contributed by atoms with Crippen molar-refractivity contribution < 1.29 is 8.42 Å². The number of piperazine rings is 1. The number of nitrogens with zero attached hydrogens (tertiary/aromatic N) is 2. The highest BCUT2D eigenvalue weighted by Crippen LogP contribution is 2.11. The van der Waals surface area contributed by atoms with Gasteiger partial charge in [-0.1, -0.05) is 0 Å². The van der Waals surface area contributed by atoms with Gasteiger partial charge in [0.15, 0.2) is 0 Å². The highest BCUT2D eigenvalue weighted by molar-refractivity contribution is 14.2. The lowest BCUT2D eigenvalue weighted by molar-refractivity contribution is 0.225. The largest absolute Gasteiger partial charge is 0.304 e. The Morgan fingerprint density at radius 1 is 1.18 bits per heavy atom. The Kier molecular flexibility index (Phi) is 3.12. The summed E-state index contributed by atoms with van der Waals surface area (Å²) in [5, 5.41) is 0. The van der Waals surface area contributed by atoms with Crippen LogP contribution in [0.15, 0.2) is 0 Å². The molecule has 0 aromatic carbocycles. The van der Waals surface area contributed by atoms with E-state index in [2.05, 4.69) is 4.90 Å². The van der Waals surface area contributed by atoms with Gasteiger partial charge in [0.05, 0.1) is 21.2 Å². The van der Waals surface area contributed by atoms with E-state index in [0.29, 0.717) is 13.1 Å². The van der Waals surface area contributed by atoms with Gasteiger partial charge in [-0.2, -0.15) is 4.31 Å². The molecule has 1 aliphatic rings. The zero-order valence-corrected chi connectivity index (χ0v) is 9.30. The molecule has 0 spiro atoms. The number of likely N-dealkylation sites (N-methyl/N-ethyl adjacent to an activating group) is 1. The third-order valence-electron chi connectivity index (χ3n) is 1.77. The van der Waals surface area contributed by atoms with Crippen molar-refractivity contribution in [2.75, 3.05) is 33.2 Å². The lowest BCUT2D eigenvalue weighted by atomic mass is 10.4. The molecule has 1 fully saturated rings. The van der Waals surface area contributed by atoms with Crippen LogP contribution in [0.3, 0.4) is 0 Å². The molecule has 0 aliphatic carbocycles. The lowest BCUT2D eigenvalue weighted by Gasteiger charge is -2.29. The van der Waals surface area contributed by atoms with Crippen molar-refractivity contribution in [2.45, 2.75) is 0 Å². The van der Waals surface area contributed by atoms with E-state index in [1.54, 1.807) is 0 Å². The van der Waals surface area contributed by atoms with Crippen LogP contribution in [0.25, 0.3) is 0 Å². The topological polar surface area (TPSA) is 40.6 Å². The second-order valence-corrected chi connectivity index (χ2v) is 7.32. The molecule has 1 saturated heterocycles. The van der Waals surface area contributed by atoms with Crippen LogP contribution in [0.2, 0.25) is 0 Å². The van der Waals surface area contributed by atoms with Crippen molar-refractivity contribution in [1.82, 2.24) is 9.21 Å². The van der Waals surface area contributed by atoms with E-state index in [9.17, 15) is 8.42 Å². The van der Waals surface area contributed by atoms with Crippen LogP contribution in [0.1, 0.15) is 0 Å². The molecule has 0 bridgehead atoms. The second kappa shape index (κ2) is 3.55. The molecule has 0 saturated carbocycles. The molecule has 11 heavy (non-hydrogen) atoms. The van der Waals surface area contributed by atoms with Crippen LogP contribution < -0.4 is 0 Å². The van der Waals surface area contributed by atoms with Crippen LogP contribution in [0.5, 0.6) is 0 Å².